The summed E-state index contributed by atoms with van der Waals surface area (Å²) in [5.41, 5.74) is 6.24. The monoisotopic (exact) mass is 314 g/mol. The molecule has 1 heterocycles. The largest absolute Gasteiger partial charge is 0.492 e. The van der Waals surface area contributed by atoms with Gasteiger partial charge in [0.05, 0.1) is 12.4 Å². The predicted octanol–water partition coefficient (Wildman–Crippen LogP) is 0.946. The maximum atomic E-state index is 12.2. The normalized spacial score (nSPS) is 19.8. The van der Waals surface area contributed by atoms with Crippen LogP contribution in [-0.2, 0) is 14.8 Å². The van der Waals surface area contributed by atoms with Gasteiger partial charge in [0.2, 0.25) is 10.0 Å². The molecule has 2 rings (SSSR count). The van der Waals surface area contributed by atoms with E-state index in [1.54, 1.807) is 31.4 Å². The lowest BCUT2D eigenvalue weighted by atomic mass is 10.1. The number of benzene rings is 1. The summed E-state index contributed by atoms with van der Waals surface area (Å²) < 4.78 is 36.5. The van der Waals surface area contributed by atoms with Crippen LogP contribution in [0.1, 0.15) is 6.42 Å². The van der Waals surface area contributed by atoms with Gasteiger partial charge >= 0.3 is 0 Å². The lowest BCUT2D eigenvalue weighted by Gasteiger charge is -2.16. The summed E-state index contributed by atoms with van der Waals surface area (Å²) in [7, 11) is -1.63. The first kappa shape index (κ1) is 16.1. The molecule has 0 aromatic heterocycles. The van der Waals surface area contributed by atoms with Gasteiger partial charge in [-0.15, -0.1) is 0 Å². The highest BCUT2D eigenvalue weighted by Crippen LogP contribution is 2.20. The molecule has 1 aromatic rings. The summed E-state index contributed by atoms with van der Waals surface area (Å²) in [6.07, 6.45) is 0.850. The van der Waals surface area contributed by atoms with Crippen molar-refractivity contribution in [3.05, 3.63) is 24.3 Å². The molecule has 1 aliphatic heterocycles. The summed E-state index contributed by atoms with van der Waals surface area (Å²) in [5.74, 6) is 0.852. The van der Waals surface area contributed by atoms with Crippen molar-refractivity contribution in [1.82, 2.24) is 4.31 Å². The van der Waals surface area contributed by atoms with Gasteiger partial charge in [0.15, 0.2) is 0 Å². The third kappa shape index (κ3) is 4.59. The van der Waals surface area contributed by atoms with Gasteiger partial charge in [-0.1, -0.05) is 6.07 Å². The first-order chi connectivity index (χ1) is 10.0. The van der Waals surface area contributed by atoms with E-state index in [0.717, 1.165) is 6.42 Å². The van der Waals surface area contributed by atoms with E-state index in [-0.39, 0.29) is 12.4 Å². The van der Waals surface area contributed by atoms with Crippen LogP contribution in [0.15, 0.2) is 24.3 Å². The highest BCUT2D eigenvalue weighted by atomic mass is 32.2. The van der Waals surface area contributed by atoms with E-state index in [0.29, 0.717) is 37.1 Å². The van der Waals surface area contributed by atoms with Gasteiger partial charge in [-0.25, -0.2) is 12.7 Å². The summed E-state index contributed by atoms with van der Waals surface area (Å²) in [6, 6.07) is 6.96. The number of nitrogens with two attached hydrogens (primary N) is 1. The van der Waals surface area contributed by atoms with Gasteiger partial charge in [-0.2, -0.15) is 0 Å². The van der Waals surface area contributed by atoms with Crippen LogP contribution in [-0.4, -0.2) is 51.9 Å². The van der Waals surface area contributed by atoms with E-state index in [1.165, 1.54) is 4.31 Å². The molecule has 1 saturated heterocycles. The Morgan fingerprint density at radius 3 is 2.95 bits per heavy atom. The van der Waals surface area contributed by atoms with Gasteiger partial charge < -0.3 is 15.2 Å². The SMILES string of the molecule is COCC1CCN(S(=O)(=O)CCOc2cccc(N)c2)C1. The molecule has 2 N–H and O–H groups in total. The Hall–Kier alpha value is -1.31. The van der Waals surface area contributed by atoms with E-state index in [1.807, 2.05) is 0 Å². The molecule has 1 atom stereocenters. The van der Waals surface area contributed by atoms with Crippen molar-refractivity contribution in [2.75, 3.05) is 44.9 Å². The summed E-state index contributed by atoms with van der Waals surface area (Å²) in [5, 5.41) is 0. The Balaban J connectivity index is 1.82. The van der Waals surface area contributed by atoms with Crippen molar-refractivity contribution in [2.45, 2.75) is 6.42 Å². The fourth-order valence-corrected chi connectivity index (χ4v) is 3.79. The molecule has 0 spiro atoms. The minimum absolute atomic E-state index is 0.0263. The van der Waals surface area contributed by atoms with Crippen molar-refractivity contribution in [3.63, 3.8) is 0 Å². The average molecular weight is 314 g/mol. The average Bonchev–Trinajstić information content (AvgIpc) is 2.88. The topological polar surface area (TPSA) is 81.9 Å². The van der Waals surface area contributed by atoms with E-state index in [2.05, 4.69) is 0 Å². The molecule has 0 aliphatic carbocycles. The molecule has 0 bridgehead atoms. The first-order valence-electron chi connectivity index (χ1n) is 6.96. The lowest BCUT2D eigenvalue weighted by molar-refractivity contribution is 0.157. The number of ether oxygens (including phenoxy) is 2. The fourth-order valence-electron chi connectivity index (χ4n) is 2.42. The molecule has 0 radical (unpaired) electrons. The Morgan fingerprint density at radius 2 is 2.24 bits per heavy atom. The minimum atomic E-state index is -3.27. The summed E-state index contributed by atoms with van der Waals surface area (Å²) in [4.78, 5) is 0. The second kappa shape index (κ2) is 7.11. The zero-order valence-corrected chi connectivity index (χ0v) is 13.0. The van der Waals surface area contributed by atoms with Crippen LogP contribution in [0.3, 0.4) is 0 Å². The van der Waals surface area contributed by atoms with Crippen molar-refractivity contribution in [2.24, 2.45) is 5.92 Å². The number of nitrogen functional groups attached to an aromatic ring is 1. The highest BCUT2D eigenvalue weighted by molar-refractivity contribution is 7.89. The molecule has 7 heteroatoms. The van der Waals surface area contributed by atoms with E-state index >= 15 is 0 Å². The molecule has 0 saturated carbocycles. The molecular weight excluding hydrogens is 292 g/mol. The number of anilines is 1. The number of nitrogens with zero attached hydrogens (tertiary/aromatic N) is 1. The Morgan fingerprint density at radius 1 is 1.43 bits per heavy atom. The molecule has 1 aromatic carbocycles. The molecular formula is C14H22N2O4S. The minimum Gasteiger partial charge on any atom is -0.492 e. The molecule has 6 nitrogen and oxygen atoms in total. The lowest BCUT2D eigenvalue weighted by Crippen LogP contribution is -2.33. The summed E-state index contributed by atoms with van der Waals surface area (Å²) in [6.45, 7) is 1.83. The Kier molecular flexibility index (Phi) is 5.44. The van der Waals surface area contributed by atoms with Crippen LogP contribution in [0.5, 0.6) is 5.75 Å². The quantitative estimate of drug-likeness (QED) is 0.758. The molecule has 1 aliphatic rings. The van der Waals surface area contributed by atoms with Gasteiger partial charge in [0.1, 0.15) is 12.4 Å². The number of sulfonamides is 1. The van der Waals surface area contributed by atoms with Gasteiger partial charge in [0.25, 0.3) is 0 Å². The smallest absolute Gasteiger partial charge is 0.217 e. The van der Waals surface area contributed by atoms with Crippen LogP contribution in [0.4, 0.5) is 5.69 Å². The Bertz CT molecular complexity index is 562. The van der Waals surface area contributed by atoms with Crippen molar-refractivity contribution < 1.29 is 17.9 Å². The van der Waals surface area contributed by atoms with Crippen molar-refractivity contribution >= 4 is 15.7 Å². The third-order valence-corrected chi connectivity index (χ3v) is 5.31. The fraction of sp³-hybridized carbons (Fsp3) is 0.571. The van der Waals surface area contributed by atoms with Gasteiger partial charge in [-0.3, -0.25) is 0 Å². The van der Waals surface area contributed by atoms with Crippen LogP contribution < -0.4 is 10.5 Å². The highest BCUT2D eigenvalue weighted by Gasteiger charge is 2.31. The maximum Gasteiger partial charge on any atom is 0.217 e. The third-order valence-electron chi connectivity index (χ3n) is 3.51. The van der Waals surface area contributed by atoms with Gasteiger partial charge in [0, 0.05) is 32.0 Å². The standard InChI is InChI=1S/C14H22N2O4S/c1-19-11-12-5-6-16(10-12)21(17,18)8-7-20-14-4-2-3-13(15)9-14/h2-4,9,12H,5-8,10-11,15H2,1H3. The number of methoxy groups -OCH3 is 1. The molecule has 118 valence electrons. The summed E-state index contributed by atoms with van der Waals surface area (Å²) >= 11 is 0. The van der Waals surface area contributed by atoms with Crippen LogP contribution in [0, 0.1) is 5.92 Å². The van der Waals surface area contributed by atoms with E-state index < -0.39 is 10.0 Å². The molecule has 1 fully saturated rings. The second-order valence-electron chi connectivity index (χ2n) is 5.21. The molecule has 21 heavy (non-hydrogen) atoms. The van der Waals surface area contributed by atoms with E-state index in [4.69, 9.17) is 15.2 Å². The number of rotatable bonds is 7. The van der Waals surface area contributed by atoms with Crippen LogP contribution >= 0.6 is 0 Å². The number of hydrogen-bond acceptors (Lipinski definition) is 5. The molecule has 1 unspecified atom stereocenters. The zero-order valence-electron chi connectivity index (χ0n) is 12.2. The Labute approximate surface area is 125 Å². The maximum absolute atomic E-state index is 12.2. The van der Waals surface area contributed by atoms with Crippen LogP contribution in [0.25, 0.3) is 0 Å². The zero-order chi connectivity index (χ0) is 15.3. The second-order valence-corrected chi connectivity index (χ2v) is 7.29. The van der Waals surface area contributed by atoms with Crippen molar-refractivity contribution in [1.29, 1.82) is 0 Å². The van der Waals surface area contributed by atoms with Crippen molar-refractivity contribution in [3.8, 4) is 5.75 Å². The number of hydrogen-bond donors (Lipinski definition) is 1. The van der Waals surface area contributed by atoms with Crippen LogP contribution in [0.2, 0.25) is 0 Å². The first-order valence-corrected chi connectivity index (χ1v) is 8.57. The van der Waals surface area contributed by atoms with E-state index in [9.17, 15) is 8.42 Å². The predicted molar refractivity (Wildman–Crippen MR) is 81.7 cm³/mol. The molecule has 0 amide bonds. The van der Waals surface area contributed by atoms with Gasteiger partial charge in [-0.05, 0) is 24.5 Å².